The van der Waals surface area contributed by atoms with E-state index in [0.29, 0.717) is 12.3 Å². The van der Waals surface area contributed by atoms with E-state index >= 15 is 0 Å². The predicted molar refractivity (Wildman–Crippen MR) is 94.9 cm³/mol. The molecule has 0 aromatic carbocycles. The Morgan fingerprint density at radius 3 is 2.84 bits per heavy atom. The molecule has 1 saturated heterocycles. The van der Waals surface area contributed by atoms with E-state index in [1.807, 2.05) is 17.0 Å². The van der Waals surface area contributed by atoms with Crippen molar-refractivity contribution in [3.63, 3.8) is 0 Å². The molecule has 1 aliphatic carbocycles. The van der Waals surface area contributed by atoms with Crippen molar-refractivity contribution in [3.05, 3.63) is 45.9 Å². The lowest BCUT2D eigenvalue weighted by Gasteiger charge is -2.16. The topological polar surface area (TPSA) is 68.3 Å². The number of fused-ring (bicyclic) bond motifs is 1. The molecule has 1 aliphatic heterocycles. The molecule has 7 heteroatoms. The fraction of sp³-hybridized carbons (Fsp3) is 0.500. The van der Waals surface area contributed by atoms with Gasteiger partial charge in [-0.2, -0.15) is 4.98 Å². The van der Waals surface area contributed by atoms with E-state index in [1.54, 1.807) is 10.8 Å². The molecule has 1 amide bonds. The Morgan fingerprint density at radius 2 is 2.08 bits per heavy atom. The second-order valence-electron chi connectivity index (χ2n) is 6.52. The number of thioether (sulfide) groups is 1. The minimum absolute atomic E-state index is 0.149. The number of amides is 1. The van der Waals surface area contributed by atoms with Crippen LogP contribution in [0.15, 0.2) is 32.6 Å². The minimum atomic E-state index is -0.256. The zero-order valence-electron chi connectivity index (χ0n) is 14.1. The van der Waals surface area contributed by atoms with Crippen LogP contribution in [0, 0.1) is 0 Å². The van der Waals surface area contributed by atoms with Gasteiger partial charge in [0.15, 0.2) is 0 Å². The average Bonchev–Trinajstić information content (AvgIpc) is 3.37. The summed E-state index contributed by atoms with van der Waals surface area (Å²) in [7, 11) is 0. The van der Waals surface area contributed by atoms with Crippen molar-refractivity contribution in [3.8, 4) is 0 Å². The number of rotatable bonds is 5. The van der Waals surface area contributed by atoms with Crippen molar-refractivity contribution in [2.45, 2.75) is 43.7 Å². The molecule has 3 heterocycles. The summed E-state index contributed by atoms with van der Waals surface area (Å²) in [5.41, 5.74) is 1.92. The Hall–Kier alpha value is -2.02. The maximum absolute atomic E-state index is 12.5. The van der Waals surface area contributed by atoms with Crippen LogP contribution in [0.3, 0.4) is 0 Å². The fourth-order valence-electron chi connectivity index (χ4n) is 3.61. The number of likely N-dealkylation sites (tertiary alicyclic amines) is 1. The Morgan fingerprint density at radius 1 is 1.24 bits per heavy atom. The van der Waals surface area contributed by atoms with Crippen LogP contribution in [-0.2, 0) is 24.2 Å². The van der Waals surface area contributed by atoms with Gasteiger partial charge in [-0.1, -0.05) is 11.8 Å². The number of hydrogen-bond acceptors (Lipinski definition) is 5. The monoisotopic (exact) mass is 359 g/mol. The molecule has 6 nitrogen and oxygen atoms in total. The molecule has 0 radical (unpaired) electrons. The Kier molecular flexibility index (Phi) is 4.65. The van der Waals surface area contributed by atoms with Crippen molar-refractivity contribution >= 4 is 17.7 Å². The third-order valence-electron chi connectivity index (χ3n) is 4.89. The Balaban J connectivity index is 1.55. The summed E-state index contributed by atoms with van der Waals surface area (Å²) < 4.78 is 7.09. The van der Waals surface area contributed by atoms with Gasteiger partial charge >= 0.3 is 5.69 Å². The predicted octanol–water partition coefficient (Wildman–Crippen LogP) is 2.09. The third kappa shape index (κ3) is 3.38. The molecule has 0 saturated carbocycles. The highest BCUT2D eigenvalue weighted by molar-refractivity contribution is 7.99. The number of aromatic nitrogens is 2. The molecule has 2 aromatic rings. The van der Waals surface area contributed by atoms with Gasteiger partial charge in [0.2, 0.25) is 5.91 Å². The van der Waals surface area contributed by atoms with Crippen LogP contribution in [-0.4, -0.2) is 39.2 Å². The summed E-state index contributed by atoms with van der Waals surface area (Å²) in [6.07, 6.45) is 6.61. The van der Waals surface area contributed by atoms with Gasteiger partial charge in [0, 0.05) is 24.3 Å². The molecule has 0 unspecified atom stereocenters. The highest BCUT2D eigenvalue weighted by atomic mass is 32.2. The van der Waals surface area contributed by atoms with Crippen LogP contribution < -0.4 is 5.69 Å². The van der Waals surface area contributed by atoms with Crippen molar-refractivity contribution in [1.82, 2.24) is 14.5 Å². The van der Waals surface area contributed by atoms with Gasteiger partial charge in [0.25, 0.3) is 0 Å². The van der Waals surface area contributed by atoms with Gasteiger partial charge in [0.1, 0.15) is 10.8 Å². The van der Waals surface area contributed by atoms with Crippen molar-refractivity contribution in [2.24, 2.45) is 0 Å². The SMILES string of the molecule is O=C(CSc1nc(=O)n(Cc2ccco2)c2c1CCC2)N1CCCC1. The van der Waals surface area contributed by atoms with Gasteiger partial charge < -0.3 is 9.32 Å². The first-order chi connectivity index (χ1) is 12.2. The normalized spacial score (nSPS) is 16.4. The summed E-state index contributed by atoms with van der Waals surface area (Å²) in [5, 5.41) is 0.737. The number of nitrogens with zero attached hydrogens (tertiary/aromatic N) is 3. The first kappa shape index (κ1) is 16.4. The molecular formula is C18H21N3O3S. The highest BCUT2D eigenvalue weighted by Gasteiger charge is 2.24. The standard InChI is InChI=1S/C18H21N3O3S/c22-16(20-8-1-2-9-20)12-25-17-14-6-3-7-15(14)21(18(23)19-17)11-13-5-4-10-24-13/h4-5,10H,1-3,6-9,11-12H2. The average molecular weight is 359 g/mol. The van der Waals surface area contributed by atoms with E-state index < -0.39 is 0 Å². The van der Waals surface area contributed by atoms with Crippen LogP contribution in [0.1, 0.15) is 36.3 Å². The number of furan rings is 1. The molecule has 1 fully saturated rings. The molecule has 25 heavy (non-hydrogen) atoms. The lowest BCUT2D eigenvalue weighted by Crippen LogP contribution is -2.30. The van der Waals surface area contributed by atoms with Crippen LogP contribution in [0.2, 0.25) is 0 Å². The van der Waals surface area contributed by atoms with Gasteiger partial charge in [-0.3, -0.25) is 9.36 Å². The van der Waals surface area contributed by atoms with Crippen molar-refractivity contribution in [1.29, 1.82) is 0 Å². The van der Waals surface area contributed by atoms with Crippen molar-refractivity contribution in [2.75, 3.05) is 18.8 Å². The van der Waals surface area contributed by atoms with Crippen LogP contribution in [0.4, 0.5) is 0 Å². The molecule has 2 aromatic heterocycles. The Labute approximate surface area is 150 Å². The van der Waals surface area contributed by atoms with Crippen LogP contribution in [0.5, 0.6) is 0 Å². The van der Waals surface area contributed by atoms with E-state index in [4.69, 9.17) is 4.42 Å². The number of carbonyl (C=O) groups excluding carboxylic acids is 1. The second-order valence-corrected chi connectivity index (χ2v) is 7.48. The smallest absolute Gasteiger partial charge is 0.349 e. The van der Waals surface area contributed by atoms with Gasteiger partial charge in [-0.05, 0) is 44.2 Å². The molecule has 2 aliphatic rings. The first-order valence-electron chi connectivity index (χ1n) is 8.78. The van der Waals surface area contributed by atoms with E-state index in [-0.39, 0.29) is 11.6 Å². The molecule has 0 N–H and O–H groups in total. The van der Waals surface area contributed by atoms with Gasteiger partial charge in [0.05, 0.1) is 18.6 Å². The summed E-state index contributed by atoms with van der Waals surface area (Å²) in [6.45, 7) is 2.13. The summed E-state index contributed by atoms with van der Waals surface area (Å²) in [5.74, 6) is 1.26. The first-order valence-corrected chi connectivity index (χ1v) is 9.76. The van der Waals surface area contributed by atoms with Crippen molar-refractivity contribution < 1.29 is 9.21 Å². The molecular weight excluding hydrogens is 338 g/mol. The van der Waals surface area contributed by atoms with Crippen LogP contribution >= 0.6 is 11.8 Å². The minimum Gasteiger partial charge on any atom is -0.467 e. The second kappa shape index (κ2) is 7.07. The van der Waals surface area contributed by atoms with Gasteiger partial charge in [-0.25, -0.2) is 4.79 Å². The third-order valence-corrected chi connectivity index (χ3v) is 5.89. The van der Waals surface area contributed by atoms with E-state index in [2.05, 4.69) is 4.98 Å². The zero-order chi connectivity index (χ0) is 17.2. The van der Waals surface area contributed by atoms with E-state index in [1.165, 1.54) is 11.8 Å². The van der Waals surface area contributed by atoms with E-state index in [9.17, 15) is 9.59 Å². The molecule has 0 bridgehead atoms. The van der Waals surface area contributed by atoms with Crippen LogP contribution in [0.25, 0.3) is 0 Å². The molecule has 0 spiro atoms. The largest absolute Gasteiger partial charge is 0.467 e. The van der Waals surface area contributed by atoms with Gasteiger partial charge in [-0.15, -0.1) is 0 Å². The van der Waals surface area contributed by atoms with E-state index in [0.717, 1.165) is 67.2 Å². The lowest BCUT2D eigenvalue weighted by atomic mass is 10.2. The molecule has 132 valence electrons. The highest BCUT2D eigenvalue weighted by Crippen LogP contribution is 2.29. The molecule has 4 rings (SSSR count). The quantitative estimate of drug-likeness (QED) is 0.604. The summed E-state index contributed by atoms with van der Waals surface area (Å²) >= 11 is 1.41. The Bertz CT molecular complexity index is 823. The maximum atomic E-state index is 12.5. The number of carbonyl (C=O) groups is 1. The summed E-state index contributed by atoms with van der Waals surface area (Å²) in [4.78, 5) is 31.0. The zero-order valence-corrected chi connectivity index (χ0v) is 14.9. The summed E-state index contributed by atoms with van der Waals surface area (Å²) in [6, 6.07) is 3.69. The fourth-order valence-corrected chi connectivity index (χ4v) is 4.59. The number of hydrogen-bond donors (Lipinski definition) is 0. The maximum Gasteiger partial charge on any atom is 0.349 e. The molecule has 0 atom stereocenters. The lowest BCUT2D eigenvalue weighted by molar-refractivity contribution is -0.127.